The fraction of sp³-hybridized carbons (Fsp3) is 0.0500. The number of H-pyrrole nitrogens is 1. The van der Waals surface area contributed by atoms with Crippen molar-refractivity contribution < 1.29 is 9.84 Å². The van der Waals surface area contributed by atoms with Gasteiger partial charge in [-0.25, -0.2) is 5.01 Å². The van der Waals surface area contributed by atoms with Crippen LogP contribution in [0.15, 0.2) is 64.5 Å². The Morgan fingerprint density at radius 1 is 1.15 bits per heavy atom. The number of nitrogens with one attached hydrogen (secondary N) is 2. The molecule has 7 nitrogen and oxygen atoms in total. The molecule has 0 amide bonds. The summed E-state index contributed by atoms with van der Waals surface area (Å²) in [6.07, 6.45) is 1.67. The third kappa shape index (κ3) is 2.85. The highest BCUT2D eigenvalue weighted by molar-refractivity contribution is 6.10. The number of ether oxygens (including phenoxy) is 1. The maximum atomic E-state index is 12.5. The number of aromatic nitrogens is 1. The minimum atomic E-state index is -0.478. The number of pyridine rings is 1. The van der Waals surface area contributed by atoms with Gasteiger partial charge in [0.2, 0.25) is 5.88 Å². The van der Waals surface area contributed by atoms with Gasteiger partial charge in [0.25, 0.3) is 5.56 Å². The molecule has 134 valence electrons. The van der Waals surface area contributed by atoms with Crippen LogP contribution in [-0.4, -0.2) is 23.0 Å². The molecule has 2 heterocycles. The average Bonchev–Trinajstić information content (AvgIpc) is 3.04. The second-order valence-electron chi connectivity index (χ2n) is 5.95. The molecule has 7 heteroatoms. The summed E-state index contributed by atoms with van der Waals surface area (Å²) in [5, 5.41) is 24.9. The highest BCUT2D eigenvalue weighted by Crippen LogP contribution is 2.21. The summed E-state index contributed by atoms with van der Waals surface area (Å²) in [5.41, 5.74) is 1.15. The molecule has 0 atom stereocenters. The fourth-order valence-corrected chi connectivity index (χ4v) is 2.93. The molecule has 1 aliphatic heterocycles. The smallest absolute Gasteiger partial charge is 0.260 e. The molecule has 0 unspecified atom stereocenters. The fourth-order valence-electron chi connectivity index (χ4n) is 2.93. The highest BCUT2D eigenvalue weighted by atomic mass is 16.5. The van der Waals surface area contributed by atoms with Crippen LogP contribution in [0.1, 0.15) is 11.1 Å². The first-order valence-electron chi connectivity index (χ1n) is 8.22. The van der Waals surface area contributed by atoms with Crippen LogP contribution in [0.4, 0.5) is 5.69 Å². The number of anilines is 1. The molecule has 4 rings (SSSR count). The molecule has 0 aliphatic carbocycles. The van der Waals surface area contributed by atoms with E-state index in [9.17, 15) is 9.90 Å². The molecule has 1 aromatic heterocycles. The third-order valence-corrected chi connectivity index (χ3v) is 4.28. The predicted molar refractivity (Wildman–Crippen MR) is 102 cm³/mol. The van der Waals surface area contributed by atoms with Gasteiger partial charge in [0.1, 0.15) is 16.7 Å². The molecule has 1 aliphatic rings. The number of hydrogen-bond donors (Lipinski definition) is 3. The van der Waals surface area contributed by atoms with Gasteiger partial charge in [0, 0.05) is 0 Å². The molecule has 27 heavy (non-hydrogen) atoms. The quantitative estimate of drug-likeness (QED) is 0.655. The van der Waals surface area contributed by atoms with Crippen LogP contribution in [-0.2, 0) is 0 Å². The maximum absolute atomic E-state index is 12.5. The lowest BCUT2D eigenvalue weighted by Gasteiger charge is -2.13. The Kier molecular flexibility index (Phi) is 3.97. The second kappa shape index (κ2) is 6.45. The van der Waals surface area contributed by atoms with Crippen molar-refractivity contribution in [3.63, 3.8) is 0 Å². The van der Waals surface area contributed by atoms with Gasteiger partial charge in [-0.05, 0) is 35.9 Å². The van der Waals surface area contributed by atoms with E-state index in [0.29, 0.717) is 11.4 Å². The zero-order valence-electron chi connectivity index (χ0n) is 14.4. The Morgan fingerprint density at radius 2 is 1.85 bits per heavy atom. The van der Waals surface area contributed by atoms with E-state index >= 15 is 0 Å². The largest absolute Gasteiger partial charge is 0.497 e. The van der Waals surface area contributed by atoms with E-state index in [-0.39, 0.29) is 27.9 Å². The van der Waals surface area contributed by atoms with Crippen molar-refractivity contribution in [2.45, 2.75) is 0 Å². The number of nitrogens with zero attached hydrogens (tertiary/aromatic N) is 2. The van der Waals surface area contributed by atoms with E-state index in [2.05, 4.69) is 10.1 Å². The highest BCUT2D eigenvalue weighted by Gasteiger charge is 2.26. The number of aromatic hydroxyl groups is 1. The van der Waals surface area contributed by atoms with Crippen LogP contribution >= 0.6 is 0 Å². The number of fused-ring (bicyclic) bond motifs is 1. The number of rotatable bonds is 3. The first-order valence-corrected chi connectivity index (χ1v) is 8.22. The molecule has 3 aromatic rings. The van der Waals surface area contributed by atoms with Crippen molar-refractivity contribution in [1.29, 1.82) is 5.41 Å². The number of amidine groups is 1. The second-order valence-corrected chi connectivity index (χ2v) is 5.95. The predicted octanol–water partition coefficient (Wildman–Crippen LogP) is 1.30. The lowest BCUT2D eigenvalue weighted by Crippen LogP contribution is -2.42. The van der Waals surface area contributed by atoms with Crippen LogP contribution in [0, 0.1) is 5.41 Å². The molecule has 0 radical (unpaired) electrons. The Hall–Kier alpha value is -3.87. The topological polar surface area (TPSA) is 102 Å². The number of benzene rings is 2. The monoisotopic (exact) mass is 360 g/mol. The molecular weight excluding hydrogens is 344 g/mol. The van der Waals surface area contributed by atoms with Gasteiger partial charge >= 0.3 is 0 Å². The summed E-state index contributed by atoms with van der Waals surface area (Å²) in [6.45, 7) is 0. The first kappa shape index (κ1) is 16.6. The van der Waals surface area contributed by atoms with Crippen LogP contribution < -0.4 is 25.9 Å². The molecule has 3 N–H and O–H groups in total. The Labute approximate surface area is 154 Å². The number of para-hydroxylation sites is 1. The van der Waals surface area contributed by atoms with Gasteiger partial charge in [0.05, 0.1) is 18.0 Å². The van der Waals surface area contributed by atoms with Crippen LogP contribution in [0.25, 0.3) is 6.08 Å². The van der Waals surface area contributed by atoms with Gasteiger partial charge < -0.3 is 9.84 Å². The number of aromatic amines is 1. The van der Waals surface area contributed by atoms with Crippen molar-refractivity contribution in [3.05, 3.63) is 86.7 Å². The minimum Gasteiger partial charge on any atom is -0.497 e. The summed E-state index contributed by atoms with van der Waals surface area (Å²) in [6, 6.07) is 16.3. The summed E-state index contributed by atoms with van der Waals surface area (Å²) < 4.78 is 5.14. The van der Waals surface area contributed by atoms with Gasteiger partial charge in [-0.2, -0.15) is 5.10 Å². The van der Waals surface area contributed by atoms with Crippen molar-refractivity contribution in [3.8, 4) is 11.6 Å². The first-order chi connectivity index (χ1) is 13.1. The average molecular weight is 360 g/mol. The van der Waals surface area contributed by atoms with Gasteiger partial charge in [-0.15, -0.1) is 0 Å². The van der Waals surface area contributed by atoms with Crippen molar-refractivity contribution in [2.75, 3.05) is 12.1 Å². The molecule has 0 fully saturated rings. The van der Waals surface area contributed by atoms with Gasteiger partial charge in [-0.1, -0.05) is 30.3 Å². The normalized spacial score (nSPS) is 13.4. The Balaban J connectivity index is 1.94. The summed E-state index contributed by atoms with van der Waals surface area (Å²) in [5.74, 6) is 0.335. The zero-order chi connectivity index (χ0) is 19.0. The van der Waals surface area contributed by atoms with Gasteiger partial charge in [-0.3, -0.25) is 15.2 Å². The molecule has 0 bridgehead atoms. The number of hydrogen-bond acceptors (Lipinski definition) is 5. The van der Waals surface area contributed by atoms with Crippen LogP contribution in [0.2, 0.25) is 0 Å². The van der Waals surface area contributed by atoms with E-state index in [4.69, 9.17) is 10.1 Å². The van der Waals surface area contributed by atoms with Crippen LogP contribution in [0.3, 0.4) is 0 Å². The van der Waals surface area contributed by atoms with E-state index in [1.165, 1.54) is 5.01 Å². The minimum absolute atomic E-state index is 0.00525. The van der Waals surface area contributed by atoms with E-state index < -0.39 is 5.56 Å². The molecule has 0 saturated heterocycles. The van der Waals surface area contributed by atoms with Crippen molar-refractivity contribution >= 4 is 17.6 Å². The summed E-state index contributed by atoms with van der Waals surface area (Å²) in [7, 11) is 1.58. The molecular formula is C20H16N4O3. The Bertz CT molecular complexity index is 1200. The molecule has 0 saturated carbocycles. The van der Waals surface area contributed by atoms with E-state index in [1.54, 1.807) is 37.5 Å². The lowest BCUT2D eigenvalue weighted by atomic mass is 10.1. The summed E-state index contributed by atoms with van der Waals surface area (Å²) in [4.78, 5) is 14.9. The third-order valence-electron chi connectivity index (χ3n) is 4.28. The number of methoxy groups -OCH3 is 1. The standard InChI is InChI=1S/C20H16N4O3/c1-27-14-9-7-12(8-10-14)11-15-17-16(20(26)22-19(15)25)18(21)24(23-17)13-5-3-2-4-6-13/h2-11,21,26H,1H3,(H,22,25)/b15-11+,21-18?. The Morgan fingerprint density at radius 3 is 2.52 bits per heavy atom. The lowest BCUT2D eigenvalue weighted by molar-refractivity contribution is 0.415. The van der Waals surface area contributed by atoms with Gasteiger partial charge in [0.15, 0.2) is 5.84 Å². The molecule has 0 spiro atoms. The van der Waals surface area contributed by atoms with Crippen LogP contribution in [0.5, 0.6) is 11.6 Å². The zero-order valence-corrected chi connectivity index (χ0v) is 14.4. The SMILES string of the molecule is COc1ccc(/C=c2/c(=O)[nH]c(O)c3c2=NN(c2ccccc2)C3=N)cc1. The van der Waals surface area contributed by atoms with E-state index in [1.807, 2.05) is 30.3 Å². The van der Waals surface area contributed by atoms with Crippen molar-refractivity contribution in [1.82, 2.24) is 4.98 Å². The molecule has 2 aromatic carbocycles. The summed E-state index contributed by atoms with van der Waals surface area (Å²) >= 11 is 0. The van der Waals surface area contributed by atoms with Crippen molar-refractivity contribution in [2.24, 2.45) is 5.10 Å². The maximum Gasteiger partial charge on any atom is 0.260 e. The van der Waals surface area contributed by atoms with E-state index in [0.717, 1.165) is 5.56 Å².